The van der Waals surface area contributed by atoms with E-state index in [9.17, 15) is 20.0 Å². The number of pyridine rings is 1. The Balaban J connectivity index is 2.75. The highest BCUT2D eigenvalue weighted by atomic mass is 16.6. The van der Waals surface area contributed by atoms with Gasteiger partial charge in [-0.15, -0.1) is 0 Å². The number of carboxylic acid groups (broad SMARTS) is 1. The zero-order chi connectivity index (χ0) is 14.9. The molecule has 20 heavy (non-hydrogen) atoms. The maximum atomic E-state index is 11.4. The van der Waals surface area contributed by atoms with E-state index in [0.29, 0.717) is 22.4 Å². The highest BCUT2D eigenvalue weighted by molar-refractivity contribution is 5.98. The van der Waals surface area contributed by atoms with Gasteiger partial charge in [-0.1, -0.05) is 12.1 Å². The Hall–Kier alpha value is -2.76. The van der Waals surface area contributed by atoms with Gasteiger partial charge in [-0.2, -0.15) is 0 Å². The van der Waals surface area contributed by atoms with Gasteiger partial charge in [-0.3, -0.25) is 15.1 Å². The summed E-state index contributed by atoms with van der Waals surface area (Å²) >= 11 is 0. The molecular formula is C14H12N2O4. The molecule has 0 amide bonds. The van der Waals surface area contributed by atoms with Gasteiger partial charge in [0.1, 0.15) is 0 Å². The van der Waals surface area contributed by atoms with Crippen molar-refractivity contribution >= 4 is 11.7 Å². The minimum atomic E-state index is -1.10. The lowest BCUT2D eigenvalue weighted by molar-refractivity contribution is -0.384. The van der Waals surface area contributed by atoms with Crippen LogP contribution in [0.4, 0.5) is 5.69 Å². The summed E-state index contributed by atoms with van der Waals surface area (Å²) in [5.41, 5.74) is 2.00. The average molecular weight is 272 g/mol. The molecule has 0 radical (unpaired) electrons. The number of aromatic carboxylic acids is 1. The van der Waals surface area contributed by atoms with E-state index in [1.54, 1.807) is 26.1 Å². The number of rotatable bonds is 3. The molecular weight excluding hydrogens is 260 g/mol. The Bertz CT molecular complexity index is 710. The molecule has 1 N–H and O–H groups in total. The number of carbonyl (C=O) groups is 1. The molecule has 1 heterocycles. The number of hydrogen-bond acceptors (Lipinski definition) is 4. The van der Waals surface area contributed by atoms with Crippen LogP contribution in [-0.4, -0.2) is 21.0 Å². The second-order valence-corrected chi connectivity index (χ2v) is 4.39. The van der Waals surface area contributed by atoms with Crippen LogP contribution < -0.4 is 0 Å². The maximum absolute atomic E-state index is 11.4. The third-order valence-electron chi connectivity index (χ3n) is 3.02. The van der Waals surface area contributed by atoms with Gasteiger partial charge in [-0.05, 0) is 25.0 Å². The van der Waals surface area contributed by atoms with Crippen molar-refractivity contribution in [2.45, 2.75) is 13.8 Å². The van der Waals surface area contributed by atoms with Crippen LogP contribution in [0, 0.1) is 24.0 Å². The molecule has 1 aromatic heterocycles. The fourth-order valence-corrected chi connectivity index (χ4v) is 2.11. The Morgan fingerprint density at radius 2 is 2.05 bits per heavy atom. The van der Waals surface area contributed by atoms with Crippen LogP contribution in [-0.2, 0) is 0 Å². The van der Waals surface area contributed by atoms with Gasteiger partial charge in [0.05, 0.1) is 16.2 Å². The van der Waals surface area contributed by atoms with E-state index in [-0.39, 0.29) is 11.3 Å². The molecule has 6 heteroatoms. The number of aromatic nitrogens is 1. The first kappa shape index (κ1) is 13.7. The molecule has 2 aromatic rings. The summed E-state index contributed by atoms with van der Waals surface area (Å²) in [4.78, 5) is 25.8. The van der Waals surface area contributed by atoms with Gasteiger partial charge in [0.15, 0.2) is 0 Å². The number of hydrogen-bond donors (Lipinski definition) is 1. The number of aryl methyl sites for hydroxylation is 2. The van der Waals surface area contributed by atoms with Crippen LogP contribution in [0.5, 0.6) is 0 Å². The largest absolute Gasteiger partial charge is 0.478 e. The average Bonchev–Trinajstić information content (AvgIpc) is 2.40. The number of nitro groups is 1. The predicted molar refractivity (Wildman–Crippen MR) is 72.8 cm³/mol. The van der Waals surface area contributed by atoms with Crippen molar-refractivity contribution < 1.29 is 14.8 Å². The standard InChI is InChI=1S/C14H12N2O4/c1-8-7-15-9(2)13(14(17)18)12(8)10-4-3-5-11(6-10)16(19)20/h3-7H,1-2H3,(H,17,18). The lowest BCUT2D eigenvalue weighted by Crippen LogP contribution is -2.06. The SMILES string of the molecule is Cc1cnc(C)c(C(=O)O)c1-c1cccc([N+](=O)[O-])c1. The normalized spacial score (nSPS) is 10.3. The Morgan fingerprint density at radius 3 is 2.65 bits per heavy atom. The van der Waals surface area contributed by atoms with Crippen LogP contribution >= 0.6 is 0 Å². The van der Waals surface area contributed by atoms with Crippen molar-refractivity contribution in [3.8, 4) is 11.1 Å². The van der Waals surface area contributed by atoms with Gasteiger partial charge in [0.2, 0.25) is 0 Å². The fraction of sp³-hybridized carbons (Fsp3) is 0.143. The summed E-state index contributed by atoms with van der Waals surface area (Å²) in [5.74, 6) is -1.10. The Kier molecular flexibility index (Phi) is 3.47. The van der Waals surface area contributed by atoms with Gasteiger partial charge >= 0.3 is 5.97 Å². The molecule has 1 aromatic carbocycles. The maximum Gasteiger partial charge on any atom is 0.338 e. The molecule has 0 aliphatic carbocycles. The Morgan fingerprint density at radius 1 is 1.35 bits per heavy atom. The van der Waals surface area contributed by atoms with E-state index >= 15 is 0 Å². The number of carboxylic acids is 1. The predicted octanol–water partition coefficient (Wildman–Crippen LogP) is 2.97. The summed E-state index contributed by atoms with van der Waals surface area (Å²) in [6.07, 6.45) is 1.57. The fourth-order valence-electron chi connectivity index (χ4n) is 2.11. The molecule has 102 valence electrons. The van der Waals surface area contributed by atoms with Crippen molar-refractivity contribution in [3.63, 3.8) is 0 Å². The van der Waals surface area contributed by atoms with E-state index in [1.807, 2.05) is 0 Å². The molecule has 0 unspecified atom stereocenters. The van der Waals surface area contributed by atoms with E-state index in [4.69, 9.17) is 0 Å². The topological polar surface area (TPSA) is 93.3 Å². The monoisotopic (exact) mass is 272 g/mol. The Labute approximate surface area is 114 Å². The third-order valence-corrected chi connectivity index (χ3v) is 3.02. The lowest BCUT2D eigenvalue weighted by Gasteiger charge is -2.11. The van der Waals surface area contributed by atoms with Crippen LogP contribution in [0.3, 0.4) is 0 Å². The molecule has 0 aliphatic rings. The van der Waals surface area contributed by atoms with Gasteiger partial charge in [-0.25, -0.2) is 4.79 Å². The molecule has 6 nitrogen and oxygen atoms in total. The minimum Gasteiger partial charge on any atom is -0.478 e. The molecule has 0 saturated heterocycles. The van der Waals surface area contributed by atoms with Crippen LogP contribution in [0.1, 0.15) is 21.6 Å². The van der Waals surface area contributed by atoms with Crippen molar-refractivity contribution in [2.24, 2.45) is 0 Å². The van der Waals surface area contributed by atoms with E-state index < -0.39 is 10.9 Å². The van der Waals surface area contributed by atoms with Gasteiger partial charge in [0.25, 0.3) is 5.69 Å². The summed E-state index contributed by atoms with van der Waals surface area (Å²) in [6, 6.07) is 5.93. The quantitative estimate of drug-likeness (QED) is 0.684. The second kappa shape index (κ2) is 5.08. The zero-order valence-corrected chi connectivity index (χ0v) is 11.0. The van der Waals surface area contributed by atoms with Crippen LogP contribution in [0.15, 0.2) is 30.5 Å². The van der Waals surface area contributed by atoms with Crippen molar-refractivity contribution in [1.29, 1.82) is 0 Å². The lowest BCUT2D eigenvalue weighted by atomic mass is 9.95. The first-order valence-corrected chi connectivity index (χ1v) is 5.86. The minimum absolute atomic E-state index is 0.0745. The van der Waals surface area contributed by atoms with Gasteiger partial charge in [0, 0.05) is 23.9 Å². The number of nitrogens with zero attached hydrogens (tertiary/aromatic N) is 2. The van der Waals surface area contributed by atoms with E-state index in [2.05, 4.69) is 4.98 Å². The summed E-state index contributed by atoms with van der Waals surface area (Å²) in [5, 5.41) is 20.2. The molecule has 0 aliphatic heterocycles. The molecule has 0 spiro atoms. The van der Waals surface area contributed by atoms with E-state index in [0.717, 1.165) is 0 Å². The summed E-state index contributed by atoms with van der Waals surface area (Å²) < 4.78 is 0. The molecule has 0 bridgehead atoms. The van der Waals surface area contributed by atoms with Gasteiger partial charge < -0.3 is 5.11 Å². The number of benzene rings is 1. The first-order chi connectivity index (χ1) is 9.41. The molecule has 0 atom stereocenters. The van der Waals surface area contributed by atoms with Crippen LogP contribution in [0.25, 0.3) is 11.1 Å². The van der Waals surface area contributed by atoms with Crippen LogP contribution in [0.2, 0.25) is 0 Å². The van der Waals surface area contributed by atoms with Crippen molar-refractivity contribution in [3.05, 3.63) is 57.4 Å². The first-order valence-electron chi connectivity index (χ1n) is 5.86. The van der Waals surface area contributed by atoms with Crippen molar-refractivity contribution in [2.75, 3.05) is 0 Å². The smallest absolute Gasteiger partial charge is 0.338 e. The van der Waals surface area contributed by atoms with E-state index in [1.165, 1.54) is 18.2 Å². The number of non-ortho nitro benzene ring substituents is 1. The highest BCUT2D eigenvalue weighted by Gasteiger charge is 2.19. The molecule has 0 saturated carbocycles. The molecule has 2 rings (SSSR count). The summed E-state index contributed by atoms with van der Waals surface area (Å²) in [7, 11) is 0. The van der Waals surface area contributed by atoms with Crippen molar-refractivity contribution in [1.82, 2.24) is 4.98 Å². The highest BCUT2D eigenvalue weighted by Crippen LogP contribution is 2.30. The zero-order valence-electron chi connectivity index (χ0n) is 11.0. The second-order valence-electron chi connectivity index (χ2n) is 4.39. The molecule has 0 fully saturated rings. The third kappa shape index (κ3) is 2.35. The summed E-state index contributed by atoms with van der Waals surface area (Å²) in [6.45, 7) is 3.33. The number of nitro benzene ring substituents is 1.